The third kappa shape index (κ3) is 3.70. The molecule has 8 heteroatoms. The zero-order valence-electron chi connectivity index (χ0n) is 13.3. The molecule has 1 fully saturated rings. The van der Waals surface area contributed by atoms with Crippen LogP contribution in [0.5, 0.6) is 0 Å². The van der Waals surface area contributed by atoms with Gasteiger partial charge in [0.05, 0.1) is 18.7 Å². The minimum absolute atomic E-state index is 0.145. The summed E-state index contributed by atoms with van der Waals surface area (Å²) in [6.07, 6.45) is 4.12. The smallest absolute Gasteiger partial charge is 0.240 e. The van der Waals surface area contributed by atoms with E-state index in [1.165, 1.54) is 0 Å². The first-order valence-electron chi connectivity index (χ1n) is 7.63. The lowest BCUT2D eigenvalue weighted by molar-refractivity contribution is -0.143. The van der Waals surface area contributed by atoms with E-state index in [1.807, 2.05) is 23.7 Å². The fourth-order valence-corrected chi connectivity index (χ4v) is 3.38. The fourth-order valence-electron chi connectivity index (χ4n) is 2.74. The maximum absolute atomic E-state index is 12.4. The molecule has 7 nitrogen and oxygen atoms in total. The summed E-state index contributed by atoms with van der Waals surface area (Å²) in [5.41, 5.74) is 0.910. The van der Waals surface area contributed by atoms with Gasteiger partial charge in [0.25, 0.3) is 0 Å². The minimum atomic E-state index is -0.410. The van der Waals surface area contributed by atoms with E-state index in [9.17, 15) is 14.4 Å². The maximum Gasteiger partial charge on any atom is 0.240 e. The SMILES string of the molecule is Cn1cc(C[C@@H]2CC(=O)N(CC(=O)NCc3cccs3)C2=O)cn1. The lowest BCUT2D eigenvalue weighted by atomic mass is 10.0. The average Bonchev–Trinajstić information content (AvgIpc) is 3.25. The number of nitrogens with one attached hydrogen (secondary N) is 1. The van der Waals surface area contributed by atoms with Gasteiger partial charge in [-0.3, -0.25) is 24.0 Å². The summed E-state index contributed by atoms with van der Waals surface area (Å²) in [5, 5.41) is 8.72. The number of likely N-dealkylation sites (tertiary alicyclic amines) is 1. The molecular weight excluding hydrogens is 328 g/mol. The van der Waals surface area contributed by atoms with E-state index >= 15 is 0 Å². The van der Waals surface area contributed by atoms with Crippen LogP contribution in [-0.2, 0) is 34.4 Å². The third-order valence-electron chi connectivity index (χ3n) is 3.92. The Morgan fingerprint density at radius 3 is 2.96 bits per heavy atom. The standard InChI is InChI=1S/C16H18N4O3S/c1-19-9-11(7-18-19)5-12-6-15(22)20(16(12)23)10-14(21)17-8-13-3-2-4-24-13/h2-4,7,9,12H,5-6,8,10H2,1H3,(H,17,21)/t12-/m1/s1. The molecule has 3 rings (SSSR count). The van der Waals surface area contributed by atoms with E-state index in [4.69, 9.17) is 0 Å². The topological polar surface area (TPSA) is 84.3 Å². The first-order chi connectivity index (χ1) is 11.5. The number of imide groups is 1. The summed E-state index contributed by atoms with van der Waals surface area (Å²) in [6, 6.07) is 3.82. The summed E-state index contributed by atoms with van der Waals surface area (Å²) in [6.45, 7) is 0.193. The molecule has 0 aliphatic carbocycles. The normalized spacial score (nSPS) is 17.5. The van der Waals surface area contributed by atoms with E-state index in [2.05, 4.69) is 10.4 Å². The van der Waals surface area contributed by atoms with Crippen LogP contribution < -0.4 is 5.32 Å². The van der Waals surface area contributed by atoms with Crippen LogP contribution in [0.4, 0.5) is 0 Å². The fraction of sp³-hybridized carbons (Fsp3) is 0.375. The van der Waals surface area contributed by atoms with Crippen molar-refractivity contribution in [1.29, 1.82) is 0 Å². The molecule has 0 radical (unpaired) electrons. The molecule has 126 valence electrons. The highest BCUT2D eigenvalue weighted by Gasteiger charge is 2.39. The van der Waals surface area contributed by atoms with Crippen molar-refractivity contribution in [3.8, 4) is 0 Å². The molecule has 0 saturated carbocycles. The molecule has 1 aliphatic heterocycles. The van der Waals surface area contributed by atoms with Crippen LogP contribution in [-0.4, -0.2) is 38.9 Å². The quantitative estimate of drug-likeness (QED) is 0.781. The van der Waals surface area contributed by atoms with Crippen molar-refractivity contribution in [3.05, 3.63) is 40.3 Å². The molecule has 1 aliphatic rings. The van der Waals surface area contributed by atoms with Crippen LogP contribution in [0.1, 0.15) is 16.9 Å². The lowest BCUT2D eigenvalue weighted by Gasteiger charge is -2.14. The number of hydrogen-bond donors (Lipinski definition) is 1. The van der Waals surface area contributed by atoms with Gasteiger partial charge in [0.15, 0.2) is 0 Å². The van der Waals surface area contributed by atoms with Crippen molar-refractivity contribution in [2.45, 2.75) is 19.4 Å². The Morgan fingerprint density at radius 1 is 1.46 bits per heavy atom. The Bertz CT molecular complexity index is 753. The van der Waals surface area contributed by atoms with E-state index in [-0.39, 0.29) is 30.7 Å². The number of rotatable bonds is 6. The number of amides is 3. The molecule has 1 N–H and O–H groups in total. The average molecular weight is 346 g/mol. The molecule has 1 atom stereocenters. The van der Waals surface area contributed by atoms with Gasteiger partial charge in [0.2, 0.25) is 17.7 Å². The van der Waals surface area contributed by atoms with Crippen molar-refractivity contribution < 1.29 is 14.4 Å². The maximum atomic E-state index is 12.4. The molecule has 2 aromatic heterocycles. The van der Waals surface area contributed by atoms with E-state index in [0.29, 0.717) is 13.0 Å². The second-order valence-electron chi connectivity index (χ2n) is 5.80. The van der Waals surface area contributed by atoms with Gasteiger partial charge in [-0.25, -0.2) is 0 Å². The number of nitrogens with zero attached hydrogens (tertiary/aromatic N) is 3. The van der Waals surface area contributed by atoms with Crippen LogP contribution in [0, 0.1) is 5.92 Å². The van der Waals surface area contributed by atoms with Crippen molar-refractivity contribution in [1.82, 2.24) is 20.0 Å². The number of carbonyl (C=O) groups is 3. The number of aromatic nitrogens is 2. The van der Waals surface area contributed by atoms with Gasteiger partial charge in [-0.2, -0.15) is 5.10 Å². The lowest BCUT2D eigenvalue weighted by Crippen LogP contribution is -2.40. The molecule has 3 heterocycles. The first kappa shape index (κ1) is 16.4. The number of thiophene rings is 1. The Labute approximate surface area is 143 Å². The predicted octanol–water partition coefficient (Wildman–Crippen LogP) is 0.716. The highest BCUT2D eigenvalue weighted by molar-refractivity contribution is 7.09. The Hall–Kier alpha value is -2.48. The van der Waals surface area contributed by atoms with Gasteiger partial charge >= 0.3 is 0 Å². The van der Waals surface area contributed by atoms with Gasteiger partial charge in [-0.1, -0.05) is 6.07 Å². The first-order valence-corrected chi connectivity index (χ1v) is 8.51. The number of aryl methyl sites for hydroxylation is 1. The summed E-state index contributed by atoms with van der Waals surface area (Å²) >= 11 is 1.54. The molecular formula is C16H18N4O3S. The largest absolute Gasteiger partial charge is 0.350 e. The van der Waals surface area contributed by atoms with Gasteiger partial charge in [-0.05, 0) is 23.4 Å². The molecule has 0 spiro atoms. The van der Waals surface area contributed by atoms with Crippen molar-refractivity contribution in [2.75, 3.05) is 6.54 Å². The van der Waals surface area contributed by atoms with E-state index in [1.54, 1.807) is 29.3 Å². The number of hydrogen-bond acceptors (Lipinski definition) is 5. The van der Waals surface area contributed by atoms with Crippen molar-refractivity contribution in [2.24, 2.45) is 13.0 Å². The molecule has 3 amide bonds. The zero-order valence-corrected chi connectivity index (χ0v) is 14.1. The molecule has 0 aromatic carbocycles. The third-order valence-corrected chi connectivity index (χ3v) is 4.80. The molecule has 0 bridgehead atoms. The van der Waals surface area contributed by atoms with Crippen molar-refractivity contribution >= 4 is 29.1 Å². The minimum Gasteiger partial charge on any atom is -0.350 e. The van der Waals surface area contributed by atoms with Crippen LogP contribution >= 0.6 is 11.3 Å². The second kappa shape index (κ2) is 6.96. The van der Waals surface area contributed by atoms with Crippen LogP contribution in [0.15, 0.2) is 29.9 Å². The van der Waals surface area contributed by atoms with Crippen LogP contribution in [0.25, 0.3) is 0 Å². The Morgan fingerprint density at radius 2 is 2.29 bits per heavy atom. The van der Waals surface area contributed by atoms with Crippen LogP contribution in [0.3, 0.4) is 0 Å². The summed E-state index contributed by atoms with van der Waals surface area (Å²) in [7, 11) is 1.80. The van der Waals surface area contributed by atoms with E-state index in [0.717, 1.165) is 15.3 Å². The monoisotopic (exact) mass is 346 g/mol. The van der Waals surface area contributed by atoms with Gasteiger partial charge in [0, 0.05) is 24.5 Å². The van der Waals surface area contributed by atoms with Gasteiger partial charge in [0.1, 0.15) is 6.54 Å². The van der Waals surface area contributed by atoms with E-state index < -0.39 is 5.92 Å². The van der Waals surface area contributed by atoms with Crippen molar-refractivity contribution in [3.63, 3.8) is 0 Å². The van der Waals surface area contributed by atoms with Crippen LogP contribution in [0.2, 0.25) is 0 Å². The van der Waals surface area contributed by atoms with Gasteiger partial charge in [-0.15, -0.1) is 11.3 Å². The van der Waals surface area contributed by atoms with Gasteiger partial charge < -0.3 is 5.32 Å². The molecule has 2 aromatic rings. The molecule has 1 saturated heterocycles. The summed E-state index contributed by atoms with van der Waals surface area (Å²) in [5.74, 6) is -1.31. The molecule has 24 heavy (non-hydrogen) atoms. The predicted molar refractivity (Wildman–Crippen MR) is 87.9 cm³/mol. The summed E-state index contributed by atoms with van der Waals surface area (Å²) in [4.78, 5) is 38.5. The zero-order chi connectivity index (χ0) is 17.1. The Balaban J connectivity index is 1.54. The summed E-state index contributed by atoms with van der Waals surface area (Å²) < 4.78 is 1.66. The molecule has 0 unspecified atom stereocenters. The number of carbonyl (C=O) groups excluding carboxylic acids is 3. The second-order valence-corrected chi connectivity index (χ2v) is 6.83. The highest BCUT2D eigenvalue weighted by atomic mass is 32.1. The highest BCUT2D eigenvalue weighted by Crippen LogP contribution is 2.23. The Kier molecular flexibility index (Phi) is 4.75.